The van der Waals surface area contributed by atoms with Crippen molar-refractivity contribution < 1.29 is 29.3 Å². The molecule has 0 saturated carbocycles. The average Bonchev–Trinajstić information content (AvgIpc) is 2.85. The molecule has 0 saturated heterocycles. The molecule has 2 aromatic rings. The van der Waals surface area contributed by atoms with Crippen LogP contribution in [0.2, 0.25) is 0 Å². The number of aromatic hydroxyl groups is 1. The minimum absolute atomic E-state index is 0.0392. The summed E-state index contributed by atoms with van der Waals surface area (Å²) >= 11 is 0.605. The highest BCUT2D eigenvalue weighted by molar-refractivity contribution is 7.24. The molecular weight excluding hydrogens is 358 g/mol. The van der Waals surface area contributed by atoms with Crippen molar-refractivity contribution in [3.05, 3.63) is 31.9 Å². The maximum Gasteiger partial charge on any atom is 0.342 e. The van der Waals surface area contributed by atoms with E-state index in [0.717, 1.165) is 6.92 Å². The highest BCUT2D eigenvalue weighted by Gasteiger charge is 2.33. The number of rotatable bonds is 5. The van der Waals surface area contributed by atoms with Crippen LogP contribution in [-0.4, -0.2) is 33.4 Å². The number of anilines is 1. The molecule has 1 amide bonds. The molecule has 12 heteroatoms. The number of phenolic OH excluding ortho intramolecular Hbond substituents is 1. The van der Waals surface area contributed by atoms with Crippen LogP contribution in [0.15, 0.2) is 6.07 Å². The molecular formula is C13H11N3O8S. The van der Waals surface area contributed by atoms with Gasteiger partial charge in [0, 0.05) is 6.92 Å². The third-order valence-electron chi connectivity index (χ3n) is 3.06. The number of fused-ring (bicyclic) bond motifs is 1. The lowest BCUT2D eigenvalue weighted by Gasteiger charge is -2.05. The monoisotopic (exact) mass is 369 g/mol. The fourth-order valence-electron chi connectivity index (χ4n) is 2.16. The van der Waals surface area contributed by atoms with E-state index in [1.54, 1.807) is 0 Å². The zero-order valence-electron chi connectivity index (χ0n) is 12.9. The topological polar surface area (TPSA) is 162 Å². The van der Waals surface area contributed by atoms with E-state index in [-0.39, 0.29) is 27.3 Å². The molecule has 0 fully saturated rings. The minimum Gasteiger partial charge on any atom is -0.501 e. The molecule has 11 nitrogen and oxygen atoms in total. The van der Waals surface area contributed by atoms with E-state index >= 15 is 0 Å². The van der Waals surface area contributed by atoms with Crippen LogP contribution in [0.5, 0.6) is 5.75 Å². The summed E-state index contributed by atoms with van der Waals surface area (Å²) in [5, 5.41) is 34.3. The fraction of sp³-hybridized carbons (Fsp3) is 0.231. The van der Waals surface area contributed by atoms with Crippen molar-refractivity contribution in [1.82, 2.24) is 0 Å². The first kappa shape index (κ1) is 18.1. The Morgan fingerprint density at radius 2 is 1.88 bits per heavy atom. The van der Waals surface area contributed by atoms with Crippen molar-refractivity contribution in [1.29, 1.82) is 0 Å². The number of carbonyl (C=O) groups is 2. The number of hydrogen-bond donors (Lipinski definition) is 2. The maximum atomic E-state index is 12.2. The number of nitro benzene ring substituents is 2. The first-order valence-corrected chi connectivity index (χ1v) is 7.56. The first-order valence-electron chi connectivity index (χ1n) is 6.74. The number of hydrogen-bond acceptors (Lipinski definition) is 9. The Labute approximate surface area is 143 Å². The summed E-state index contributed by atoms with van der Waals surface area (Å²) in [7, 11) is 0. The smallest absolute Gasteiger partial charge is 0.342 e. The number of carbonyl (C=O) groups excluding carboxylic acids is 2. The number of non-ortho nitro benzene ring substituents is 1. The summed E-state index contributed by atoms with van der Waals surface area (Å²) < 4.78 is 4.58. The summed E-state index contributed by atoms with van der Waals surface area (Å²) in [4.78, 5) is 44.0. The van der Waals surface area contributed by atoms with Gasteiger partial charge in [-0.3, -0.25) is 25.0 Å². The molecule has 0 radical (unpaired) electrons. The van der Waals surface area contributed by atoms with Gasteiger partial charge in [-0.15, -0.1) is 11.3 Å². The summed E-state index contributed by atoms with van der Waals surface area (Å²) in [5.74, 6) is -2.37. The van der Waals surface area contributed by atoms with E-state index in [9.17, 15) is 34.9 Å². The van der Waals surface area contributed by atoms with Crippen molar-refractivity contribution in [2.45, 2.75) is 13.8 Å². The average molecular weight is 369 g/mol. The van der Waals surface area contributed by atoms with Gasteiger partial charge in [0.2, 0.25) is 11.7 Å². The Balaban J connectivity index is 2.97. The standard InChI is InChI=1S/C13H11N3O8S/c1-3-24-13(19)9-8-6(15(20)21)4-7(16(22)23)10(18)11(8)25-12(9)14-5(2)17/h4,18H,3H2,1-2H3,(H,14,17). The Morgan fingerprint density at radius 3 is 2.36 bits per heavy atom. The summed E-state index contributed by atoms with van der Waals surface area (Å²) in [6, 6.07) is 0.560. The largest absolute Gasteiger partial charge is 0.501 e. The van der Waals surface area contributed by atoms with Crippen molar-refractivity contribution in [3.8, 4) is 5.75 Å². The summed E-state index contributed by atoms with van der Waals surface area (Å²) in [6.45, 7) is 2.62. The van der Waals surface area contributed by atoms with E-state index in [4.69, 9.17) is 4.74 Å². The normalized spacial score (nSPS) is 10.5. The zero-order chi connectivity index (χ0) is 18.9. The predicted octanol–water partition coefficient (Wildman–Crippen LogP) is 2.56. The van der Waals surface area contributed by atoms with Crippen LogP contribution in [0.25, 0.3) is 10.1 Å². The molecule has 1 heterocycles. The Bertz CT molecular complexity index is 920. The van der Waals surface area contributed by atoms with Crippen molar-refractivity contribution >= 4 is 49.7 Å². The molecule has 0 aliphatic rings. The first-order chi connectivity index (χ1) is 11.7. The number of benzene rings is 1. The van der Waals surface area contributed by atoms with Gasteiger partial charge in [-0.1, -0.05) is 0 Å². The Kier molecular flexibility index (Phi) is 4.83. The molecule has 0 bridgehead atoms. The highest BCUT2D eigenvalue weighted by atomic mass is 32.1. The van der Waals surface area contributed by atoms with Crippen molar-refractivity contribution in [2.24, 2.45) is 0 Å². The third kappa shape index (κ3) is 3.19. The van der Waals surface area contributed by atoms with Gasteiger partial charge in [-0.25, -0.2) is 4.79 Å². The predicted molar refractivity (Wildman–Crippen MR) is 87.1 cm³/mol. The third-order valence-corrected chi connectivity index (χ3v) is 4.17. The number of nitro groups is 2. The van der Waals surface area contributed by atoms with Gasteiger partial charge in [0.25, 0.3) is 5.69 Å². The van der Waals surface area contributed by atoms with Crippen LogP contribution in [-0.2, 0) is 9.53 Å². The van der Waals surface area contributed by atoms with E-state index < -0.39 is 38.8 Å². The second-order valence-corrected chi connectivity index (χ2v) is 5.71. The molecule has 2 N–H and O–H groups in total. The quantitative estimate of drug-likeness (QED) is 0.461. The Hall–Kier alpha value is -3.28. The van der Waals surface area contributed by atoms with Crippen LogP contribution in [0.3, 0.4) is 0 Å². The molecule has 2 rings (SSSR count). The molecule has 0 aliphatic heterocycles. The molecule has 0 spiro atoms. The lowest BCUT2D eigenvalue weighted by atomic mass is 10.1. The second-order valence-electron chi connectivity index (χ2n) is 4.69. The van der Waals surface area contributed by atoms with Gasteiger partial charge < -0.3 is 15.2 Å². The number of amides is 1. The number of nitrogens with one attached hydrogen (secondary N) is 1. The molecule has 0 unspecified atom stereocenters. The summed E-state index contributed by atoms with van der Waals surface area (Å²) in [6.07, 6.45) is 0. The molecule has 0 aliphatic carbocycles. The lowest BCUT2D eigenvalue weighted by molar-refractivity contribution is -0.393. The van der Waals surface area contributed by atoms with Crippen LogP contribution in [0.4, 0.5) is 16.4 Å². The number of esters is 1. The number of thiophene rings is 1. The van der Waals surface area contributed by atoms with Crippen molar-refractivity contribution in [2.75, 3.05) is 11.9 Å². The van der Waals surface area contributed by atoms with Gasteiger partial charge in [0.15, 0.2) is 0 Å². The van der Waals surface area contributed by atoms with Gasteiger partial charge in [0.1, 0.15) is 10.6 Å². The second kappa shape index (κ2) is 6.68. The Morgan fingerprint density at radius 1 is 1.28 bits per heavy atom. The van der Waals surface area contributed by atoms with Gasteiger partial charge in [-0.2, -0.15) is 0 Å². The number of ether oxygens (including phenoxy) is 1. The zero-order valence-corrected chi connectivity index (χ0v) is 13.7. The molecule has 1 aromatic carbocycles. The SMILES string of the molecule is CCOC(=O)c1c(NC(C)=O)sc2c(O)c([N+](=O)[O-])cc([N+](=O)[O-])c12. The van der Waals surface area contributed by atoms with E-state index in [1.165, 1.54) is 6.92 Å². The minimum atomic E-state index is -0.983. The van der Waals surface area contributed by atoms with Crippen LogP contribution >= 0.6 is 11.3 Å². The highest BCUT2D eigenvalue weighted by Crippen LogP contribution is 2.49. The van der Waals surface area contributed by atoms with E-state index in [0.29, 0.717) is 17.4 Å². The lowest BCUT2D eigenvalue weighted by Crippen LogP contribution is -2.11. The molecule has 25 heavy (non-hydrogen) atoms. The van der Waals surface area contributed by atoms with Gasteiger partial charge in [0.05, 0.1) is 32.6 Å². The van der Waals surface area contributed by atoms with Crippen LogP contribution in [0, 0.1) is 20.2 Å². The molecule has 0 atom stereocenters. The van der Waals surface area contributed by atoms with Crippen molar-refractivity contribution in [3.63, 3.8) is 0 Å². The van der Waals surface area contributed by atoms with E-state index in [1.807, 2.05) is 0 Å². The summed E-state index contributed by atoms with van der Waals surface area (Å²) in [5.41, 5.74) is -1.98. The maximum absolute atomic E-state index is 12.2. The van der Waals surface area contributed by atoms with Crippen LogP contribution < -0.4 is 5.32 Å². The molecule has 132 valence electrons. The van der Waals surface area contributed by atoms with E-state index in [2.05, 4.69) is 5.32 Å². The number of nitrogens with zero attached hydrogens (tertiary/aromatic N) is 2. The van der Waals surface area contributed by atoms with Gasteiger partial charge in [-0.05, 0) is 6.92 Å². The number of phenols is 1. The molecule has 1 aromatic heterocycles. The van der Waals surface area contributed by atoms with Crippen LogP contribution in [0.1, 0.15) is 24.2 Å². The van der Waals surface area contributed by atoms with Gasteiger partial charge >= 0.3 is 11.7 Å². The fourth-order valence-corrected chi connectivity index (χ4v) is 3.35.